The van der Waals surface area contributed by atoms with Crippen molar-refractivity contribution in [3.8, 4) is 11.4 Å². The number of aromatic nitrogens is 6. The Bertz CT molecular complexity index is 787. The van der Waals surface area contributed by atoms with Crippen molar-refractivity contribution in [2.24, 2.45) is 0 Å². The van der Waals surface area contributed by atoms with E-state index in [-0.39, 0.29) is 12.2 Å². The molecule has 0 radical (unpaired) electrons. The van der Waals surface area contributed by atoms with Crippen molar-refractivity contribution >= 4 is 0 Å². The van der Waals surface area contributed by atoms with E-state index in [1.165, 1.54) is 31.8 Å². The molecule has 1 aliphatic heterocycles. The molecule has 1 fully saturated rings. The zero-order chi connectivity index (χ0) is 20.9. The maximum absolute atomic E-state index is 10.1. The molecule has 0 amide bonds. The van der Waals surface area contributed by atoms with Gasteiger partial charge >= 0.3 is 0 Å². The minimum Gasteiger partial charge on any atom is -0.383 e. The molecule has 1 aliphatic rings. The molecule has 3 heterocycles. The number of hydrogen-bond donors (Lipinski definition) is 3. The second kappa shape index (κ2) is 9.60. The van der Waals surface area contributed by atoms with E-state index in [1.54, 1.807) is 0 Å². The van der Waals surface area contributed by atoms with E-state index < -0.39 is 11.9 Å². The summed E-state index contributed by atoms with van der Waals surface area (Å²) in [4.78, 5) is 0. The second-order valence-electron chi connectivity index (χ2n) is 7.98. The number of aliphatic hydroxyl groups excluding tert-OH is 1. The third kappa shape index (κ3) is 5.29. The number of hydrogen-bond acceptors (Lipinski definition) is 7. The van der Waals surface area contributed by atoms with Crippen molar-refractivity contribution in [3.63, 3.8) is 0 Å². The van der Waals surface area contributed by atoms with Crippen LogP contribution in [0.15, 0.2) is 12.7 Å². The SMILES string of the molecule is C=CC(O)c1n[nH]nc1-c1n[nH]nc1CC1OC(C)(C)OC1CCCCCCC. The highest BCUT2D eigenvalue weighted by atomic mass is 16.7. The molecule has 0 saturated carbocycles. The second-order valence-corrected chi connectivity index (χ2v) is 7.98. The summed E-state index contributed by atoms with van der Waals surface area (Å²) in [6, 6.07) is 0. The molecule has 29 heavy (non-hydrogen) atoms. The molecule has 3 atom stereocenters. The van der Waals surface area contributed by atoms with Crippen molar-refractivity contribution in [1.82, 2.24) is 30.8 Å². The van der Waals surface area contributed by atoms with Gasteiger partial charge in [-0.1, -0.05) is 45.1 Å². The van der Waals surface area contributed by atoms with Crippen LogP contribution in [0.25, 0.3) is 11.4 Å². The summed E-state index contributed by atoms with van der Waals surface area (Å²) in [5.74, 6) is -0.624. The maximum Gasteiger partial charge on any atom is 0.163 e. The highest BCUT2D eigenvalue weighted by molar-refractivity contribution is 5.59. The lowest BCUT2D eigenvalue weighted by Gasteiger charge is -2.16. The zero-order valence-electron chi connectivity index (χ0n) is 17.5. The summed E-state index contributed by atoms with van der Waals surface area (Å²) < 4.78 is 12.3. The van der Waals surface area contributed by atoms with E-state index in [0.29, 0.717) is 29.2 Å². The van der Waals surface area contributed by atoms with Crippen LogP contribution in [0, 0.1) is 0 Å². The molecule has 3 N–H and O–H groups in total. The van der Waals surface area contributed by atoms with Gasteiger partial charge in [0.2, 0.25) is 0 Å². The molecular weight excluding hydrogens is 372 g/mol. The van der Waals surface area contributed by atoms with Gasteiger partial charge in [-0.15, -0.1) is 6.58 Å². The molecule has 0 aliphatic carbocycles. The molecule has 0 spiro atoms. The van der Waals surface area contributed by atoms with Gasteiger partial charge in [0.1, 0.15) is 23.2 Å². The Morgan fingerprint density at radius 2 is 1.72 bits per heavy atom. The van der Waals surface area contributed by atoms with E-state index in [0.717, 1.165) is 12.8 Å². The summed E-state index contributed by atoms with van der Waals surface area (Å²) in [6.45, 7) is 9.71. The monoisotopic (exact) mass is 404 g/mol. The Labute approximate surface area is 171 Å². The van der Waals surface area contributed by atoms with Crippen molar-refractivity contribution in [1.29, 1.82) is 0 Å². The zero-order valence-corrected chi connectivity index (χ0v) is 17.5. The largest absolute Gasteiger partial charge is 0.383 e. The first-order valence-corrected chi connectivity index (χ1v) is 10.4. The number of ether oxygens (including phenoxy) is 2. The molecule has 2 aromatic heterocycles. The third-order valence-corrected chi connectivity index (χ3v) is 5.19. The van der Waals surface area contributed by atoms with Crippen LogP contribution < -0.4 is 0 Å². The first-order chi connectivity index (χ1) is 13.9. The number of nitrogens with zero attached hydrogens (tertiary/aromatic N) is 4. The standard InChI is InChI=1S/C20H32N6O3/c1-5-7-8-9-10-11-15-16(29-20(3,4)28-15)12-13-17(22-25-21-13)19-18(14(27)6-2)23-26-24-19/h6,14-16,27H,2,5,7-12H2,1,3-4H3,(H,21,22,25)(H,23,24,26). The fourth-order valence-corrected chi connectivity index (χ4v) is 3.78. The molecule has 160 valence electrons. The lowest BCUT2D eigenvalue weighted by Crippen LogP contribution is -2.25. The van der Waals surface area contributed by atoms with E-state index >= 15 is 0 Å². The molecule has 2 aromatic rings. The van der Waals surface area contributed by atoms with Crippen molar-refractivity contribution in [3.05, 3.63) is 24.0 Å². The van der Waals surface area contributed by atoms with Gasteiger partial charge in [0, 0.05) is 6.42 Å². The average Bonchev–Trinajstić information content (AvgIpc) is 3.39. The van der Waals surface area contributed by atoms with Crippen LogP contribution in [-0.4, -0.2) is 53.9 Å². The molecule has 9 nitrogen and oxygen atoms in total. The van der Waals surface area contributed by atoms with Crippen molar-refractivity contribution < 1.29 is 14.6 Å². The average molecular weight is 405 g/mol. The molecule has 9 heteroatoms. The molecule has 1 saturated heterocycles. The van der Waals surface area contributed by atoms with Crippen LogP contribution in [-0.2, 0) is 15.9 Å². The molecule has 3 unspecified atom stereocenters. The molecule has 0 aromatic carbocycles. The number of rotatable bonds is 11. The van der Waals surface area contributed by atoms with Crippen LogP contribution in [0.3, 0.4) is 0 Å². The van der Waals surface area contributed by atoms with Crippen LogP contribution in [0.2, 0.25) is 0 Å². The molecular formula is C20H32N6O3. The fraction of sp³-hybridized carbons (Fsp3) is 0.700. The van der Waals surface area contributed by atoms with Crippen LogP contribution in [0.4, 0.5) is 0 Å². The highest BCUT2D eigenvalue weighted by Gasteiger charge is 2.41. The van der Waals surface area contributed by atoms with Gasteiger partial charge in [0.05, 0.1) is 17.9 Å². The minimum atomic E-state index is -0.936. The third-order valence-electron chi connectivity index (χ3n) is 5.19. The van der Waals surface area contributed by atoms with Gasteiger partial charge in [-0.05, 0) is 20.3 Å². The molecule has 0 bridgehead atoms. The van der Waals surface area contributed by atoms with Gasteiger partial charge in [-0.25, -0.2) is 0 Å². The smallest absolute Gasteiger partial charge is 0.163 e. The number of aromatic amines is 2. The van der Waals surface area contributed by atoms with Crippen LogP contribution >= 0.6 is 0 Å². The summed E-state index contributed by atoms with van der Waals surface area (Å²) in [7, 11) is 0. The highest BCUT2D eigenvalue weighted by Crippen LogP contribution is 2.34. The minimum absolute atomic E-state index is 0.00622. The van der Waals surface area contributed by atoms with E-state index in [4.69, 9.17) is 9.47 Å². The van der Waals surface area contributed by atoms with Gasteiger partial charge in [0.25, 0.3) is 0 Å². The summed E-state index contributed by atoms with van der Waals surface area (Å²) >= 11 is 0. The Morgan fingerprint density at radius 3 is 2.48 bits per heavy atom. The number of aliphatic hydroxyl groups is 1. The Hall–Kier alpha value is -2.10. The van der Waals surface area contributed by atoms with Crippen LogP contribution in [0.1, 0.15) is 76.8 Å². The van der Waals surface area contributed by atoms with Crippen LogP contribution in [0.5, 0.6) is 0 Å². The van der Waals surface area contributed by atoms with Crippen molar-refractivity contribution in [2.45, 2.75) is 89.8 Å². The summed E-state index contributed by atoms with van der Waals surface area (Å²) in [5.41, 5.74) is 2.07. The van der Waals surface area contributed by atoms with Gasteiger partial charge in [-0.3, -0.25) is 0 Å². The Balaban J connectivity index is 1.71. The lowest BCUT2D eigenvalue weighted by molar-refractivity contribution is -0.146. The van der Waals surface area contributed by atoms with Crippen molar-refractivity contribution in [2.75, 3.05) is 0 Å². The Kier molecular flexibility index (Phi) is 7.15. The first kappa shape index (κ1) is 21.6. The van der Waals surface area contributed by atoms with E-state index in [2.05, 4.69) is 44.3 Å². The van der Waals surface area contributed by atoms with Gasteiger partial charge in [0.15, 0.2) is 5.79 Å². The molecule has 3 rings (SSSR count). The lowest BCUT2D eigenvalue weighted by atomic mass is 10.00. The van der Waals surface area contributed by atoms with E-state index in [1.807, 2.05) is 13.8 Å². The number of nitrogens with one attached hydrogen (secondary N) is 2. The number of H-pyrrole nitrogens is 2. The quantitative estimate of drug-likeness (QED) is 0.388. The number of unbranched alkanes of at least 4 members (excludes halogenated alkanes) is 4. The van der Waals surface area contributed by atoms with Gasteiger partial charge in [-0.2, -0.15) is 30.8 Å². The summed E-state index contributed by atoms with van der Waals surface area (Å²) in [6.07, 6.45) is 7.91. The predicted molar refractivity (Wildman–Crippen MR) is 108 cm³/mol. The normalized spacial score (nSPS) is 22.1. The summed E-state index contributed by atoms with van der Waals surface area (Å²) in [5, 5.41) is 32.0. The Morgan fingerprint density at radius 1 is 1.03 bits per heavy atom. The first-order valence-electron chi connectivity index (χ1n) is 10.4. The topological polar surface area (TPSA) is 122 Å². The van der Waals surface area contributed by atoms with E-state index in [9.17, 15) is 5.11 Å². The fourth-order valence-electron chi connectivity index (χ4n) is 3.78. The maximum atomic E-state index is 10.1. The predicted octanol–water partition coefficient (Wildman–Crippen LogP) is 3.23. The van der Waals surface area contributed by atoms with Gasteiger partial charge < -0.3 is 14.6 Å².